The van der Waals surface area contributed by atoms with Crippen molar-refractivity contribution in [2.24, 2.45) is 0 Å². The molecule has 0 aliphatic heterocycles. The van der Waals surface area contributed by atoms with Crippen molar-refractivity contribution in [1.29, 1.82) is 5.41 Å². The number of nitrogens with one attached hydrogen (secondary N) is 1. The summed E-state index contributed by atoms with van der Waals surface area (Å²) in [4.78, 5) is 11.9. The number of thioether (sulfide) groups is 1. The van der Waals surface area contributed by atoms with Gasteiger partial charge in [-0.1, -0.05) is 0 Å². The Morgan fingerprint density at radius 2 is 2.30 bits per heavy atom. The van der Waals surface area contributed by atoms with Crippen molar-refractivity contribution >= 4 is 23.3 Å². The van der Waals surface area contributed by atoms with Crippen LogP contribution in [0.15, 0.2) is 11.0 Å². The van der Waals surface area contributed by atoms with Crippen molar-refractivity contribution in [3.05, 3.63) is 11.0 Å². The lowest BCUT2D eigenvalue weighted by Gasteiger charge is -2.08. The largest absolute Gasteiger partial charge is 0.297 e. The van der Waals surface area contributed by atoms with Crippen molar-refractivity contribution in [3.63, 3.8) is 0 Å². The molecule has 2 nitrogen and oxygen atoms in total. The van der Waals surface area contributed by atoms with E-state index in [4.69, 9.17) is 5.41 Å². The Labute approximate surface area is 64.2 Å². The molecule has 10 heavy (non-hydrogen) atoms. The highest BCUT2D eigenvalue weighted by atomic mass is 32.2. The summed E-state index contributed by atoms with van der Waals surface area (Å²) < 4.78 is 0. The van der Waals surface area contributed by atoms with Gasteiger partial charge in [-0.05, 0) is 23.7 Å². The summed E-state index contributed by atoms with van der Waals surface area (Å²) >= 11 is 1.62. The van der Waals surface area contributed by atoms with Crippen LogP contribution in [0.2, 0.25) is 0 Å². The second-order valence-corrected chi connectivity index (χ2v) is 3.08. The fourth-order valence-corrected chi connectivity index (χ4v) is 1.39. The Hall–Kier alpha value is -0.570. The summed E-state index contributed by atoms with van der Waals surface area (Å²) in [6.45, 7) is 0. The minimum absolute atomic E-state index is 0.0298. The minimum Gasteiger partial charge on any atom is -0.297 e. The molecule has 1 rings (SSSR count). The molecule has 1 aliphatic rings. The van der Waals surface area contributed by atoms with Gasteiger partial charge in [-0.3, -0.25) is 10.2 Å². The highest BCUT2D eigenvalue weighted by Crippen LogP contribution is 2.21. The summed E-state index contributed by atoms with van der Waals surface area (Å²) in [7, 11) is 0. The Bertz CT molecular complexity index is 208. The fraction of sp³-hybridized carbons (Fsp3) is 0.429. The average molecular weight is 155 g/mol. The van der Waals surface area contributed by atoms with Gasteiger partial charge in [-0.25, -0.2) is 0 Å². The van der Waals surface area contributed by atoms with Gasteiger partial charge in [0.15, 0.2) is 5.78 Å². The standard InChI is InChI=1S/C7H9NOS/c1-10-5-2-3-7(9)6(8)4-5/h4,8H,2-3H2,1H3. The molecule has 0 heterocycles. The number of allylic oxidation sites excluding steroid dienone is 2. The zero-order chi connectivity index (χ0) is 7.56. The third kappa shape index (κ3) is 1.48. The molecule has 3 heteroatoms. The lowest BCUT2D eigenvalue weighted by atomic mass is 10.0. The first-order chi connectivity index (χ1) is 4.74. The van der Waals surface area contributed by atoms with Gasteiger partial charge < -0.3 is 0 Å². The van der Waals surface area contributed by atoms with Gasteiger partial charge in [-0.2, -0.15) is 0 Å². The molecule has 0 amide bonds. The number of Topliss-reactive ketones (excluding diaryl/α,β-unsaturated/α-hetero) is 1. The second kappa shape index (κ2) is 3.01. The molecular weight excluding hydrogens is 146 g/mol. The van der Waals surface area contributed by atoms with Crippen LogP contribution in [0.4, 0.5) is 0 Å². The average Bonchev–Trinajstić information content (AvgIpc) is 1.95. The molecule has 0 unspecified atom stereocenters. The lowest BCUT2D eigenvalue weighted by Crippen LogP contribution is -2.14. The number of carbonyl (C=O) groups is 1. The van der Waals surface area contributed by atoms with Gasteiger partial charge in [0.2, 0.25) is 0 Å². The van der Waals surface area contributed by atoms with Gasteiger partial charge in [0.25, 0.3) is 0 Å². The van der Waals surface area contributed by atoms with Gasteiger partial charge in [0.1, 0.15) is 0 Å². The summed E-state index contributed by atoms with van der Waals surface area (Å²) in [5.41, 5.74) is 0.163. The topological polar surface area (TPSA) is 40.9 Å². The monoisotopic (exact) mass is 155 g/mol. The van der Waals surface area contributed by atoms with E-state index >= 15 is 0 Å². The number of hydrogen-bond donors (Lipinski definition) is 1. The van der Waals surface area contributed by atoms with Crippen LogP contribution in [0.1, 0.15) is 12.8 Å². The maximum absolute atomic E-state index is 10.8. The summed E-state index contributed by atoms with van der Waals surface area (Å²) in [5, 5.41) is 7.19. The predicted octanol–water partition coefficient (Wildman–Crippen LogP) is 1.62. The van der Waals surface area contributed by atoms with Crippen LogP contribution in [0, 0.1) is 5.41 Å². The number of carbonyl (C=O) groups excluding carboxylic acids is 1. The minimum atomic E-state index is -0.0298. The fourth-order valence-electron chi connectivity index (χ4n) is 0.846. The molecule has 1 N–H and O–H groups in total. The van der Waals surface area contributed by atoms with Crippen molar-refractivity contribution in [2.75, 3.05) is 6.26 Å². The molecule has 1 aliphatic carbocycles. The van der Waals surface area contributed by atoms with Crippen molar-refractivity contribution in [1.82, 2.24) is 0 Å². The second-order valence-electron chi connectivity index (χ2n) is 2.15. The van der Waals surface area contributed by atoms with E-state index in [1.54, 1.807) is 17.8 Å². The first-order valence-electron chi connectivity index (χ1n) is 3.10. The van der Waals surface area contributed by atoms with Gasteiger partial charge in [0, 0.05) is 6.42 Å². The zero-order valence-electron chi connectivity index (χ0n) is 5.81. The molecule has 0 radical (unpaired) electrons. The SMILES string of the molecule is CSC1=CC(=N)C(=O)CC1. The van der Waals surface area contributed by atoms with E-state index in [1.165, 1.54) is 0 Å². The molecule has 0 atom stereocenters. The maximum Gasteiger partial charge on any atom is 0.180 e. The third-order valence-electron chi connectivity index (χ3n) is 1.47. The molecule has 0 saturated carbocycles. The molecule has 0 aromatic rings. The van der Waals surface area contributed by atoms with Crippen LogP contribution in [-0.4, -0.2) is 17.8 Å². The Morgan fingerprint density at radius 1 is 1.60 bits per heavy atom. The van der Waals surface area contributed by atoms with E-state index in [0.717, 1.165) is 11.3 Å². The third-order valence-corrected chi connectivity index (χ3v) is 2.31. The van der Waals surface area contributed by atoms with Gasteiger partial charge >= 0.3 is 0 Å². The van der Waals surface area contributed by atoms with Crippen LogP contribution in [-0.2, 0) is 4.79 Å². The zero-order valence-corrected chi connectivity index (χ0v) is 6.62. The summed E-state index contributed by atoms with van der Waals surface area (Å²) in [6, 6.07) is 0. The molecule has 54 valence electrons. The van der Waals surface area contributed by atoms with Crippen molar-refractivity contribution in [2.45, 2.75) is 12.8 Å². The first kappa shape index (κ1) is 7.54. The smallest absolute Gasteiger partial charge is 0.180 e. The molecule has 0 saturated heterocycles. The van der Waals surface area contributed by atoms with E-state index in [2.05, 4.69) is 0 Å². The quantitative estimate of drug-likeness (QED) is 0.625. The number of ketones is 1. The van der Waals surface area contributed by atoms with Crippen molar-refractivity contribution in [3.8, 4) is 0 Å². The van der Waals surface area contributed by atoms with Crippen molar-refractivity contribution < 1.29 is 4.79 Å². The number of hydrogen-bond acceptors (Lipinski definition) is 3. The summed E-state index contributed by atoms with van der Waals surface area (Å²) in [5.74, 6) is -0.0298. The first-order valence-corrected chi connectivity index (χ1v) is 4.33. The van der Waals surface area contributed by atoms with Gasteiger partial charge in [0.05, 0.1) is 5.71 Å². The molecule has 0 aromatic carbocycles. The summed E-state index contributed by atoms with van der Waals surface area (Å²) in [6.07, 6.45) is 4.97. The normalized spacial score (nSPS) is 19.1. The number of rotatable bonds is 1. The molecule has 0 aromatic heterocycles. The molecular formula is C7H9NOS. The van der Waals surface area contributed by atoms with E-state index in [9.17, 15) is 4.79 Å². The van der Waals surface area contributed by atoms with Crippen LogP contribution < -0.4 is 0 Å². The van der Waals surface area contributed by atoms with Crippen LogP contribution in [0.3, 0.4) is 0 Å². The van der Waals surface area contributed by atoms with E-state index in [0.29, 0.717) is 6.42 Å². The Balaban J connectivity index is 2.75. The lowest BCUT2D eigenvalue weighted by molar-refractivity contribution is -0.113. The van der Waals surface area contributed by atoms with Crippen LogP contribution in [0.5, 0.6) is 0 Å². The maximum atomic E-state index is 10.8. The van der Waals surface area contributed by atoms with Crippen LogP contribution >= 0.6 is 11.8 Å². The van der Waals surface area contributed by atoms with E-state index < -0.39 is 0 Å². The molecule has 0 spiro atoms. The Morgan fingerprint density at radius 3 is 2.80 bits per heavy atom. The molecule has 0 fully saturated rings. The highest BCUT2D eigenvalue weighted by Gasteiger charge is 2.14. The Kier molecular flexibility index (Phi) is 2.27. The predicted molar refractivity (Wildman–Crippen MR) is 43.6 cm³/mol. The van der Waals surface area contributed by atoms with Gasteiger partial charge in [-0.15, -0.1) is 11.8 Å². The molecule has 0 bridgehead atoms. The van der Waals surface area contributed by atoms with E-state index in [-0.39, 0.29) is 11.5 Å². The highest BCUT2D eigenvalue weighted by molar-refractivity contribution is 8.02. The van der Waals surface area contributed by atoms with Crippen LogP contribution in [0.25, 0.3) is 0 Å². The van der Waals surface area contributed by atoms with E-state index in [1.807, 2.05) is 6.26 Å².